The molecule has 0 aliphatic carbocycles. The quantitative estimate of drug-likeness (QED) is 0.632. The Hall–Kier alpha value is -1.61. The average Bonchev–Trinajstić information content (AvgIpc) is 2.18. The molecule has 0 bridgehead atoms. The SMILES string of the molecule is N#CCOC(=O)c1ccc(N)c(Br)n1. The van der Waals surface area contributed by atoms with Crippen LogP contribution in [0.5, 0.6) is 0 Å². The number of anilines is 1. The Kier molecular flexibility index (Phi) is 3.42. The number of hydrogen-bond donors (Lipinski definition) is 1. The molecule has 5 nitrogen and oxygen atoms in total. The third-order valence-electron chi connectivity index (χ3n) is 1.35. The highest BCUT2D eigenvalue weighted by Crippen LogP contribution is 2.16. The van der Waals surface area contributed by atoms with Crippen LogP contribution in [-0.4, -0.2) is 17.6 Å². The molecule has 0 fully saturated rings. The second-order valence-electron chi connectivity index (χ2n) is 2.31. The molecule has 1 aromatic heterocycles. The largest absolute Gasteiger partial charge is 0.446 e. The number of pyridine rings is 1. The molecule has 0 spiro atoms. The number of nitriles is 1. The molecule has 0 saturated heterocycles. The van der Waals surface area contributed by atoms with Crippen molar-refractivity contribution in [3.8, 4) is 6.07 Å². The van der Waals surface area contributed by atoms with Crippen molar-refractivity contribution in [1.29, 1.82) is 5.26 Å². The number of ether oxygens (including phenoxy) is 1. The van der Waals surface area contributed by atoms with Gasteiger partial charge in [-0.05, 0) is 28.1 Å². The monoisotopic (exact) mass is 255 g/mol. The van der Waals surface area contributed by atoms with Gasteiger partial charge in [0.05, 0.1) is 5.69 Å². The zero-order valence-corrected chi connectivity index (χ0v) is 8.61. The summed E-state index contributed by atoms with van der Waals surface area (Å²) in [5, 5.41) is 8.18. The van der Waals surface area contributed by atoms with Gasteiger partial charge in [0.15, 0.2) is 6.61 Å². The lowest BCUT2D eigenvalue weighted by atomic mass is 10.3. The highest BCUT2D eigenvalue weighted by Gasteiger charge is 2.09. The molecule has 0 amide bonds. The minimum absolute atomic E-state index is 0.112. The second kappa shape index (κ2) is 4.58. The third-order valence-corrected chi connectivity index (χ3v) is 1.99. The van der Waals surface area contributed by atoms with Gasteiger partial charge in [-0.2, -0.15) is 5.26 Å². The Labute approximate surface area is 88.6 Å². The maximum atomic E-state index is 11.2. The van der Waals surface area contributed by atoms with E-state index in [9.17, 15) is 4.79 Å². The van der Waals surface area contributed by atoms with Crippen LogP contribution >= 0.6 is 15.9 Å². The van der Waals surface area contributed by atoms with Crippen LogP contribution < -0.4 is 5.73 Å². The Morgan fingerprint density at radius 2 is 2.43 bits per heavy atom. The van der Waals surface area contributed by atoms with E-state index >= 15 is 0 Å². The van der Waals surface area contributed by atoms with E-state index < -0.39 is 5.97 Å². The van der Waals surface area contributed by atoms with Crippen molar-refractivity contribution < 1.29 is 9.53 Å². The van der Waals surface area contributed by atoms with Gasteiger partial charge in [0, 0.05) is 0 Å². The molecule has 0 aromatic carbocycles. The molecule has 0 radical (unpaired) electrons. The van der Waals surface area contributed by atoms with E-state index in [1.807, 2.05) is 0 Å². The molecule has 0 atom stereocenters. The summed E-state index contributed by atoms with van der Waals surface area (Å²) < 4.78 is 4.93. The van der Waals surface area contributed by atoms with Crippen molar-refractivity contribution in [3.05, 3.63) is 22.4 Å². The lowest BCUT2D eigenvalue weighted by Gasteiger charge is -2.01. The fourth-order valence-electron chi connectivity index (χ4n) is 0.730. The first-order valence-electron chi connectivity index (χ1n) is 3.61. The minimum Gasteiger partial charge on any atom is -0.446 e. The second-order valence-corrected chi connectivity index (χ2v) is 3.06. The van der Waals surface area contributed by atoms with Crippen molar-refractivity contribution in [3.63, 3.8) is 0 Å². The Morgan fingerprint density at radius 1 is 1.71 bits per heavy atom. The van der Waals surface area contributed by atoms with Gasteiger partial charge in [-0.1, -0.05) is 0 Å². The van der Waals surface area contributed by atoms with E-state index in [0.29, 0.717) is 10.3 Å². The summed E-state index contributed by atoms with van der Waals surface area (Å²) in [6.45, 7) is -0.289. The number of nitrogens with two attached hydrogens (primary N) is 1. The molecule has 1 aromatic rings. The third kappa shape index (κ3) is 2.44. The van der Waals surface area contributed by atoms with Crippen LogP contribution in [0.4, 0.5) is 5.69 Å². The van der Waals surface area contributed by atoms with Gasteiger partial charge < -0.3 is 10.5 Å². The number of aromatic nitrogens is 1. The number of esters is 1. The van der Waals surface area contributed by atoms with Gasteiger partial charge in [0.2, 0.25) is 0 Å². The molecular weight excluding hydrogens is 250 g/mol. The number of rotatable bonds is 2. The molecule has 72 valence electrons. The lowest BCUT2D eigenvalue weighted by Crippen LogP contribution is -2.08. The first-order valence-corrected chi connectivity index (χ1v) is 4.40. The number of halogens is 1. The average molecular weight is 256 g/mol. The smallest absolute Gasteiger partial charge is 0.358 e. The highest BCUT2D eigenvalue weighted by molar-refractivity contribution is 9.10. The maximum absolute atomic E-state index is 11.2. The van der Waals surface area contributed by atoms with Gasteiger partial charge in [0.25, 0.3) is 0 Å². The van der Waals surface area contributed by atoms with E-state index in [1.165, 1.54) is 12.1 Å². The predicted molar refractivity (Wildman–Crippen MR) is 52.2 cm³/mol. The molecule has 6 heteroatoms. The normalized spacial score (nSPS) is 9.14. The summed E-state index contributed by atoms with van der Waals surface area (Å²) in [5.74, 6) is -0.646. The van der Waals surface area contributed by atoms with Crippen molar-refractivity contribution in [1.82, 2.24) is 4.98 Å². The zero-order chi connectivity index (χ0) is 10.6. The van der Waals surface area contributed by atoms with E-state index in [4.69, 9.17) is 11.0 Å². The van der Waals surface area contributed by atoms with Crippen LogP contribution in [-0.2, 0) is 4.74 Å². The Bertz CT molecular complexity index is 400. The van der Waals surface area contributed by atoms with Crippen LogP contribution in [0, 0.1) is 11.3 Å². The zero-order valence-electron chi connectivity index (χ0n) is 7.03. The molecule has 0 aliphatic rings. The van der Waals surface area contributed by atoms with Crippen molar-refractivity contribution in [2.45, 2.75) is 0 Å². The van der Waals surface area contributed by atoms with Gasteiger partial charge in [-0.3, -0.25) is 0 Å². The van der Waals surface area contributed by atoms with Gasteiger partial charge >= 0.3 is 5.97 Å². The summed E-state index contributed by atoms with van der Waals surface area (Å²) in [6.07, 6.45) is 0. The van der Waals surface area contributed by atoms with E-state index in [0.717, 1.165) is 0 Å². The summed E-state index contributed by atoms with van der Waals surface area (Å²) in [5.41, 5.74) is 6.02. The maximum Gasteiger partial charge on any atom is 0.358 e. The number of hydrogen-bond acceptors (Lipinski definition) is 5. The number of nitrogens with zero attached hydrogens (tertiary/aromatic N) is 2. The standard InChI is InChI=1S/C8H6BrN3O2/c9-7-5(11)1-2-6(12-7)8(13)14-4-3-10/h1-2H,4,11H2. The van der Waals surface area contributed by atoms with Crippen molar-refractivity contribution in [2.75, 3.05) is 12.3 Å². The van der Waals surface area contributed by atoms with Crippen molar-refractivity contribution in [2.24, 2.45) is 0 Å². The predicted octanol–water partition coefficient (Wildman–Crippen LogP) is 1.11. The molecule has 0 aliphatic heterocycles. The van der Waals surface area contributed by atoms with Gasteiger partial charge in [-0.15, -0.1) is 0 Å². The first kappa shape index (κ1) is 10.5. The minimum atomic E-state index is -0.646. The number of nitrogen functional groups attached to an aromatic ring is 1. The highest BCUT2D eigenvalue weighted by atomic mass is 79.9. The van der Waals surface area contributed by atoms with Gasteiger partial charge in [-0.25, -0.2) is 9.78 Å². The number of carbonyl (C=O) groups excluding carboxylic acids is 1. The Morgan fingerprint density at radius 3 is 3.00 bits per heavy atom. The van der Waals surface area contributed by atoms with Crippen LogP contribution in [0.1, 0.15) is 10.5 Å². The summed E-state index contributed by atoms with van der Waals surface area (Å²) >= 11 is 3.07. The summed E-state index contributed by atoms with van der Waals surface area (Å²) in [7, 11) is 0. The fraction of sp³-hybridized carbons (Fsp3) is 0.125. The van der Waals surface area contributed by atoms with Crippen LogP contribution in [0.15, 0.2) is 16.7 Å². The molecular formula is C8H6BrN3O2. The van der Waals surface area contributed by atoms with Crippen molar-refractivity contribution >= 4 is 27.6 Å². The topological polar surface area (TPSA) is 89.0 Å². The van der Waals surface area contributed by atoms with E-state index in [1.54, 1.807) is 6.07 Å². The molecule has 1 heterocycles. The first-order chi connectivity index (χ1) is 6.65. The van der Waals surface area contributed by atoms with E-state index in [-0.39, 0.29) is 12.3 Å². The van der Waals surface area contributed by atoms with Crippen LogP contribution in [0.3, 0.4) is 0 Å². The molecule has 0 saturated carbocycles. The lowest BCUT2D eigenvalue weighted by molar-refractivity contribution is 0.0548. The number of carbonyl (C=O) groups is 1. The van der Waals surface area contributed by atoms with Crippen LogP contribution in [0.2, 0.25) is 0 Å². The summed E-state index contributed by atoms with van der Waals surface area (Å²) in [4.78, 5) is 15.0. The Balaban J connectivity index is 2.82. The summed E-state index contributed by atoms with van der Waals surface area (Å²) in [6, 6.07) is 4.65. The van der Waals surface area contributed by atoms with Crippen LogP contribution in [0.25, 0.3) is 0 Å². The molecule has 0 unspecified atom stereocenters. The molecule has 14 heavy (non-hydrogen) atoms. The molecule has 1 rings (SSSR count). The fourth-order valence-corrected chi connectivity index (χ4v) is 1.05. The molecule has 2 N–H and O–H groups in total. The van der Waals surface area contributed by atoms with E-state index in [2.05, 4.69) is 25.7 Å². The van der Waals surface area contributed by atoms with Gasteiger partial charge in [0.1, 0.15) is 16.4 Å².